The zero-order valence-corrected chi connectivity index (χ0v) is 17.8. The Labute approximate surface area is 179 Å². The summed E-state index contributed by atoms with van der Waals surface area (Å²) in [6.07, 6.45) is 0.496. The number of esters is 1. The van der Waals surface area contributed by atoms with Crippen molar-refractivity contribution < 1.29 is 27.8 Å². The van der Waals surface area contributed by atoms with Crippen LogP contribution in [0, 0.1) is 0 Å². The second kappa shape index (κ2) is 9.81. The molecule has 0 aliphatic carbocycles. The number of amides is 1. The second-order valence-corrected chi connectivity index (χ2v) is 8.41. The number of thiophene rings is 1. The third kappa shape index (κ3) is 5.86. The topological polar surface area (TPSA) is 80.8 Å². The number of rotatable bonds is 9. The van der Waals surface area contributed by atoms with Gasteiger partial charge in [-0.2, -0.15) is 8.78 Å². The van der Waals surface area contributed by atoms with E-state index in [2.05, 4.69) is 15.0 Å². The van der Waals surface area contributed by atoms with Crippen LogP contribution < -0.4 is 15.0 Å². The van der Waals surface area contributed by atoms with Crippen LogP contribution in [0.15, 0.2) is 30.3 Å². The monoisotopic (exact) mass is 455 g/mol. The Morgan fingerprint density at radius 1 is 1.20 bits per heavy atom. The maximum Gasteiger partial charge on any atom is 0.387 e. The quantitative estimate of drug-likeness (QED) is 0.497. The molecule has 0 saturated carbocycles. The largest absolute Gasteiger partial charge is 0.451 e. The summed E-state index contributed by atoms with van der Waals surface area (Å²) in [5, 5.41) is 3.50. The second-order valence-electron chi connectivity index (χ2n) is 6.37. The molecule has 1 aromatic carbocycles. The number of fused-ring (bicyclic) bond motifs is 1. The summed E-state index contributed by atoms with van der Waals surface area (Å²) >= 11 is 2.70. The number of hydrogen-bond acceptors (Lipinski definition) is 8. The number of carbonyl (C=O) groups excluding carboxylic acids is 2. The van der Waals surface area contributed by atoms with E-state index >= 15 is 0 Å². The van der Waals surface area contributed by atoms with E-state index in [1.165, 1.54) is 34.8 Å². The van der Waals surface area contributed by atoms with Crippen molar-refractivity contribution >= 4 is 49.2 Å². The minimum absolute atomic E-state index is 0.0753. The summed E-state index contributed by atoms with van der Waals surface area (Å²) in [5.41, 5.74) is 0.845. The van der Waals surface area contributed by atoms with Crippen LogP contribution in [0.5, 0.6) is 5.75 Å². The first-order valence-corrected chi connectivity index (χ1v) is 10.5. The SMILES string of the molecule is CN(C)c1nc2sc(C(=O)OCC(=O)NCCc3ccc(OC(F)F)cc3)cc2s1. The van der Waals surface area contributed by atoms with E-state index in [0.29, 0.717) is 17.8 Å². The van der Waals surface area contributed by atoms with Crippen molar-refractivity contribution in [1.29, 1.82) is 0 Å². The molecule has 0 saturated heterocycles. The standard InChI is InChI=1S/C19H19F2N3O4S2/c1-24(2)19-23-16-13(30-19)9-14(29-16)17(26)27-10-15(25)22-8-7-11-3-5-12(6-4-11)28-18(20)21/h3-6,9,18H,7-8,10H2,1-2H3,(H,22,25). The van der Waals surface area contributed by atoms with E-state index in [0.717, 1.165) is 20.2 Å². The number of nitrogens with zero attached hydrogens (tertiary/aromatic N) is 2. The number of halogens is 2. The van der Waals surface area contributed by atoms with Crippen LogP contribution in [0.1, 0.15) is 15.2 Å². The number of alkyl halides is 2. The van der Waals surface area contributed by atoms with Crippen molar-refractivity contribution in [2.45, 2.75) is 13.0 Å². The lowest BCUT2D eigenvalue weighted by Crippen LogP contribution is -2.30. The molecule has 7 nitrogen and oxygen atoms in total. The van der Waals surface area contributed by atoms with Gasteiger partial charge in [0.15, 0.2) is 11.7 Å². The number of benzene rings is 1. The molecule has 11 heteroatoms. The molecule has 0 radical (unpaired) electrons. The van der Waals surface area contributed by atoms with E-state index in [1.807, 2.05) is 19.0 Å². The van der Waals surface area contributed by atoms with Crippen LogP contribution in [0.4, 0.5) is 13.9 Å². The van der Waals surface area contributed by atoms with E-state index in [4.69, 9.17) is 4.74 Å². The van der Waals surface area contributed by atoms with Gasteiger partial charge in [-0.05, 0) is 30.2 Å². The molecule has 1 amide bonds. The highest BCUT2D eigenvalue weighted by Gasteiger charge is 2.17. The fourth-order valence-corrected chi connectivity index (χ4v) is 4.48. The molecular formula is C19H19F2N3O4S2. The average molecular weight is 456 g/mol. The van der Waals surface area contributed by atoms with Gasteiger partial charge in [-0.3, -0.25) is 4.79 Å². The number of hydrogen-bond donors (Lipinski definition) is 1. The van der Waals surface area contributed by atoms with Crippen LogP contribution in [0.2, 0.25) is 0 Å². The predicted octanol–water partition coefficient (Wildman–Crippen LogP) is 3.54. The van der Waals surface area contributed by atoms with Crippen molar-refractivity contribution in [2.24, 2.45) is 0 Å². The molecule has 1 N–H and O–H groups in total. The van der Waals surface area contributed by atoms with Gasteiger partial charge >= 0.3 is 12.6 Å². The predicted molar refractivity (Wildman–Crippen MR) is 112 cm³/mol. The van der Waals surface area contributed by atoms with Gasteiger partial charge in [-0.25, -0.2) is 9.78 Å². The maximum atomic E-state index is 12.1. The molecular weight excluding hydrogens is 436 g/mol. The molecule has 0 bridgehead atoms. The van der Waals surface area contributed by atoms with E-state index in [9.17, 15) is 18.4 Å². The van der Waals surface area contributed by atoms with Gasteiger partial charge in [0.2, 0.25) is 0 Å². The number of carbonyl (C=O) groups is 2. The van der Waals surface area contributed by atoms with Gasteiger partial charge in [0, 0.05) is 20.6 Å². The van der Waals surface area contributed by atoms with Gasteiger partial charge in [0.25, 0.3) is 5.91 Å². The normalized spacial score (nSPS) is 11.0. The Bertz CT molecular complexity index is 987. The smallest absolute Gasteiger partial charge is 0.387 e. The summed E-state index contributed by atoms with van der Waals surface area (Å²) < 4.78 is 34.5. The van der Waals surface area contributed by atoms with Crippen molar-refractivity contribution in [2.75, 3.05) is 32.1 Å². The number of aromatic nitrogens is 1. The number of anilines is 1. The zero-order valence-electron chi connectivity index (χ0n) is 16.2. The molecule has 0 unspecified atom stereocenters. The van der Waals surface area contributed by atoms with Gasteiger partial charge < -0.3 is 19.7 Å². The number of thiazole rings is 1. The van der Waals surface area contributed by atoms with E-state index in [-0.39, 0.29) is 12.4 Å². The van der Waals surface area contributed by atoms with Crippen molar-refractivity contribution in [3.63, 3.8) is 0 Å². The van der Waals surface area contributed by atoms with E-state index in [1.54, 1.807) is 18.2 Å². The van der Waals surface area contributed by atoms with Gasteiger partial charge in [0.05, 0.1) is 4.70 Å². The fourth-order valence-electron chi connectivity index (χ4n) is 2.45. The summed E-state index contributed by atoms with van der Waals surface area (Å²) in [7, 11) is 3.79. The molecule has 160 valence electrons. The van der Waals surface area contributed by atoms with Gasteiger partial charge in [-0.1, -0.05) is 23.5 Å². The molecule has 0 spiro atoms. The van der Waals surface area contributed by atoms with Crippen LogP contribution in [0.3, 0.4) is 0 Å². The number of ether oxygens (including phenoxy) is 2. The van der Waals surface area contributed by atoms with Crippen molar-refractivity contribution in [1.82, 2.24) is 10.3 Å². The molecule has 0 atom stereocenters. The van der Waals surface area contributed by atoms with E-state index < -0.39 is 18.5 Å². The Balaban J connectivity index is 1.41. The third-order valence-corrected chi connectivity index (χ3v) is 6.19. The van der Waals surface area contributed by atoms with Crippen LogP contribution in [-0.2, 0) is 16.0 Å². The van der Waals surface area contributed by atoms with Crippen LogP contribution >= 0.6 is 22.7 Å². The molecule has 0 aliphatic heterocycles. The van der Waals surface area contributed by atoms with Gasteiger partial charge in [-0.15, -0.1) is 11.3 Å². The summed E-state index contributed by atoms with van der Waals surface area (Å²) in [6, 6.07) is 7.87. The molecule has 0 aliphatic rings. The molecule has 2 aromatic heterocycles. The lowest BCUT2D eigenvalue weighted by Gasteiger charge is -2.07. The highest BCUT2D eigenvalue weighted by atomic mass is 32.1. The highest BCUT2D eigenvalue weighted by molar-refractivity contribution is 7.29. The van der Waals surface area contributed by atoms with Gasteiger partial charge in [0.1, 0.15) is 15.5 Å². The Morgan fingerprint density at radius 3 is 2.57 bits per heavy atom. The Kier molecular flexibility index (Phi) is 7.16. The minimum atomic E-state index is -2.87. The first-order valence-electron chi connectivity index (χ1n) is 8.87. The van der Waals surface area contributed by atoms with Crippen molar-refractivity contribution in [3.05, 3.63) is 40.8 Å². The number of nitrogens with one attached hydrogen (secondary N) is 1. The summed E-state index contributed by atoms with van der Waals surface area (Å²) in [5.74, 6) is -0.917. The molecule has 2 heterocycles. The summed E-state index contributed by atoms with van der Waals surface area (Å²) in [4.78, 5) is 31.5. The van der Waals surface area contributed by atoms with Crippen molar-refractivity contribution in [3.8, 4) is 5.75 Å². The lowest BCUT2D eigenvalue weighted by atomic mass is 10.1. The van der Waals surface area contributed by atoms with Crippen LogP contribution in [0.25, 0.3) is 9.53 Å². The lowest BCUT2D eigenvalue weighted by molar-refractivity contribution is -0.124. The molecule has 3 aromatic rings. The Hall–Kier alpha value is -2.79. The highest BCUT2D eigenvalue weighted by Crippen LogP contribution is 2.34. The zero-order chi connectivity index (χ0) is 21.7. The molecule has 30 heavy (non-hydrogen) atoms. The minimum Gasteiger partial charge on any atom is -0.451 e. The first kappa shape index (κ1) is 21.9. The Morgan fingerprint density at radius 2 is 1.93 bits per heavy atom. The average Bonchev–Trinajstić information content (AvgIpc) is 3.26. The maximum absolute atomic E-state index is 12.1. The summed E-state index contributed by atoms with van der Waals surface area (Å²) in [6.45, 7) is -2.94. The van der Waals surface area contributed by atoms with Crippen LogP contribution in [-0.4, -0.2) is 50.7 Å². The molecule has 3 rings (SSSR count). The third-order valence-electron chi connectivity index (χ3n) is 3.88. The fraction of sp³-hybridized carbons (Fsp3) is 0.316. The first-order chi connectivity index (χ1) is 14.3. The molecule has 0 fully saturated rings.